The SMILES string of the molecule is CC(=O)Nc1ccc(S(=O)(=O)N(C)Cc2nc(C3(N)CCC3)no2)cc1. The van der Waals surface area contributed by atoms with Crippen LogP contribution in [-0.2, 0) is 26.9 Å². The number of aromatic nitrogens is 2. The number of benzene rings is 1. The van der Waals surface area contributed by atoms with Gasteiger partial charge in [-0.15, -0.1) is 0 Å². The van der Waals surface area contributed by atoms with E-state index in [0.29, 0.717) is 11.5 Å². The molecule has 1 aromatic heterocycles. The number of hydrogen-bond donors (Lipinski definition) is 2. The van der Waals surface area contributed by atoms with Crippen molar-refractivity contribution < 1.29 is 17.7 Å². The summed E-state index contributed by atoms with van der Waals surface area (Å²) in [4.78, 5) is 15.4. The van der Waals surface area contributed by atoms with Crippen LogP contribution in [0.3, 0.4) is 0 Å². The van der Waals surface area contributed by atoms with Crippen molar-refractivity contribution in [2.24, 2.45) is 5.73 Å². The molecule has 1 amide bonds. The van der Waals surface area contributed by atoms with Gasteiger partial charge in [-0.3, -0.25) is 4.79 Å². The zero-order chi connectivity index (χ0) is 18.9. The fourth-order valence-electron chi connectivity index (χ4n) is 2.67. The molecule has 1 saturated carbocycles. The summed E-state index contributed by atoms with van der Waals surface area (Å²) < 4.78 is 31.6. The minimum Gasteiger partial charge on any atom is -0.338 e. The zero-order valence-corrected chi connectivity index (χ0v) is 15.4. The lowest BCUT2D eigenvalue weighted by Gasteiger charge is -2.34. The fourth-order valence-corrected chi connectivity index (χ4v) is 3.79. The lowest BCUT2D eigenvalue weighted by molar-refractivity contribution is -0.114. The van der Waals surface area contributed by atoms with E-state index in [1.807, 2.05) is 0 Å². The lowest BCUT2D eigenvalue weighted by atomic mass is 9.77. The van der Waals surface area contributed by atoms with Crippen LogP contribution in [0.1, 0.15) is 37.9 Å². The fraction of sp³-hybridized carbons (Fsp3) is 0.438. The van der Waals surface area contributed by atoms with Gasteiger partial charge in [0.2, 0.25) is 21.8 Å². The topological polar surface area (TPSA) is 131 Å². The highest BCUT2D eigenvalue weighted by Gasteiger charge is 2.39. The Labute approximate surface area is 151 Å². The Morgan fingerprint density at radius 1 is 1.35 bits per heavy atom. The molecule has 0 saturated heterocycles. The summed E-state index contributed by atoms with van der Waals surface area (Å²) in [5, 5.41) is 6.47. The van der Waals surface area contributed by atoms with Gasteiger partial charge in [0.25, 0.3) is 0 Å². The van der Waals surface area contributed by atoms with Crippen LogP contribution in [0, 0.1) is 0 Å². The van der Waals surface area contributed by atoms with Crippen molar-refractivity contribution in [3.8, 4) is 0 Å². The van der Waals surface area contributed by atoms with Crippen LogP contribution >= 0.6 is 0 Å². The maximum Gasteiger partial charge on any atom is 0.243 e. The smallest absolute Gasteiger partial charge is 0.243 e. The predicted octanol–water partition coefficient (Wildman–Crippen LogP) is 1.19. The van der Waals surface area contributed by atoms with Crippen molar-refractivity contribution in [2.75, 3.05) is 12.4 Å². The van der Waals surface area contributed by atoms with E-state index in [1.165, 1.54) is 38.2 Å². The number of carbonyl (C=O) groups is 1. The number of amides is 1. The summed E-state index contributed by atoms with van der Waals surface area (Å²) in [6, 6.07) is 5.92. The molecule has 2 aromatic rings. The van der Waals surface area contributed by atoms with Crippen molar-refractivity contribution in [3.05, 3.63) is 36.0 Å². The Hall–Kier alpha value is -2.30. The number of anilines is 1. The van der Waals surface area contributed by atoms with Crippen LogP contribution < -0.4 is 11.1 Å². The van der Waals surface area contributed by atoms with Gasteiger partial charge in [0, 0.05) is 19.7 Å². The van der Waals surface area contributed by atoms with Gasteiger partial charge < -0.3 is 15.6 Å². The Bertz CT molecular complexity index is 903. The Morgan fingerprint density at radius 3 is 2.54 bits per heavy atom. The van der Waals surface area contributed by atoms with E-state index in [4.69, 9.17) is 10.3 Å². The second-order valence-electron chi connectivity index (χ2n) is 6.49. The first-order valence-electron chi connectivity index (χ1n) is 8.17. The van der Waals surface area contributed by atoms with Gasteiger partial charge in [0.1, 0.15) is 0 Å². The van der Waals surface area contributed by atoms with Gasteiger partial charge >= 0.3 is 0 Å². The van der Waals surface area contributed by atoms with Crippen LogP contribution in [0.25, 0.3) is 0 Å². The lowest BCUT2D eigenvalue weighted by Crippen LogP contribution is -2.44. The van der Waals surface area contributed by atoms with Gasteiger partial charge in [-0.25, -0.2) is 8.42 Å². The molecular formula is C16H21N5O4S. The van der Waals surface area contributed by atoms with Crippen molar-refractivity contribution in [3.63, 3.8) is 0 Å². The third kappa shape index (κ3) is 3.62. The highest BCUT2D eigenvalue weighted by molar-refractivity contribution is 7.89. The maximum atomic E-state index is 12.7. The molecule has 0 bridgehead atoms. The minimum absolute atomic E-state index is 0.0567. The minimum atomic E-state index is -3.74. The van der Waals surface area contributed by atoms with Gasteiger partial charge in [-0.05, 0) is 43.5 Å². The molecule has 0 radical (unpaired) electrons. The van der Waals surface area contributed by atoms with Crippen LogP contribution in [0.5, 0.6) is 0 Å². The van der Waals surface area contributed by atoms with Gasteiger partial charge in [-0.1, -0.05) is 5.16 Å². The molecule has 1 fully saturated rings. The standard InChI is InChI=1S/C16H21N5O4S/c1-11(22)18-12-4-6-13(7-5-12)26(23,24)21(2)10-14-19-15(20-25-14)16(17)8-3-9-16/h4-7H,3,8-10,17H2,1-2H3,(H,18,22). The van der Waals surface area contributed by atoms with E-state index in [-0.39, 0.29) is 23.2 Å². The predicted molar refractivity (Wildman–Crippen MR) is 93.4 cm³/mol. The van der Waals surface area contributed by atoms with E-state index in [1.54, 1.807) is 0 Å². The molecular weight excluding hydrogens is 358 g/mol. The van der Waals surface area contributed by atoms with Crippen LogP contribution in [0.15, 0.2) is 33.7 Å². The molecule has 3 N–H and O–H groups in total. The van der Waals surface area contributed by atoms with Gasteiger partial charge in [0.15, 0.2) is 5.82 Å². The van der Waals surface area contributed by atoms with Crippen molar-refractivity contribution >= 4 is 21.6 Å². The van der Waals surface area contributed by atoms with Crippen LogP contribution in [-0.4, -0.2) is 35.8 Å². The first kappa shape index (κ1) is 18.5. The normalized spacial score (nSPS) is 16.3. The second kappa shape index (κ2) is 6.78. The van der Waals surface area contributed by atoms with E-state index in [0.717, 1.165) is 23.6 Å². The Morgan fingerprint density at radius 2 is 2.00 bits per heavy atom. The van der Waals surface area contributed by atoms with E-state index >= 15 is 0 Å². The van der Waals surface area contributed by atoms with Gasteiger partial charge in [-0.2, -0.15) is 9.29 Å². The molecule has 140 valence electrons. The number of carbonyl (C=O) groups excluding carboxylic acids is 1. The summed E-state index contributed by atoms with van der Waals surface area (Å²) in [5.41, 5.74) is 6.11. The van der Waals surface area contributed by atoms with Crippen LogP contribution in [0.4, 0.5) is 5.69 Å². The quantitative estimate of drug-likeness (QED) is 0.770. The molecule has 1 aliphatic carbocycles. The molecule has 10 heteroatoms. The third-order valence-electron chi connectivity index (χ3n) is 4.40. The van der Waals surface area contributed by atoms with Gasteiger partial charge in [0.05, 0.1) is 17.0 Å². The molecule has 9 nitrogen and oxygen atoms in total. The van der Waals surface area contributed by atoms with Crippen LogP contribution in [0.2, 0.25) is 0 Å². The third-order valence-corrected chi connectivity index (χ3v) is 6.22. The molecule has 1 aliphatic rings. The maximum absolute atomic E-state index is 12.7. The van der Waals surface area contributed by atoms with E-state index in [2.05, 4.69) is 15.5 Å². The zero-order valence-electron chi connectivity index (χ0n) is 14.6. The summed E-state index contributed by atoms with van der Waals surface area (Å²) in [7, 11) is -2.31. The molecule has 0 spiro atoms. The van der Waals surface area contributed by atoms with Crippen molar-refractivity contribution in [1.29, 1.82) is 0 Å². The van der Waals surface area contributed by atoms with Crippen molar-refractivity contribution in [2.45, 2.75) is 43.2 Å². The Kier molecular flexibility index (Phi) is 4.82. The number of sulfonamides is 1. The van der Waals surface area contributed by atoms with E-state index < -0.39 is 15.6 Å². The summed E-state index contributed by atoms with van der Waals surface area (Å²) in [6.07, 6.45) is 2.60. The second-order valence-corrected chi connectivity index (χ2v) is 8.53. The summed E-state index contributed by atoms with van der Waals surface area (Å²) in [6.45, 7) is 1.32. The number of nitrogens with one attached hydrogen (secondary N) is 1. The number of hydrogen-bond acceptors (Lipinski definition) is 7. The first-order chi connectivity index (χ1) is 12.2. The molecule has 3 rings (SSSR count). The molecule has 0 atom stereocenters. The number of nitrogens with two attached hydrogens (primary N) is 1. The van der Waals surface area contributed by atoms with E-state index in [9.17, 15) is 13.2 Å². The molecule has 1 heterocycles. The average molecular weight is 379 g/mol. The number of nitrogens with zero attached hydrogens (tertiary/aromatic N) is 3. The highest BCUT2D eigenvalue weighted by atomic mass is 32.2. The number of rotatable bonds is 6. The molecule has 0 aliphatic heterocycles. The molecule has 0 unspecified atom stereocenters. The highest BCUT2D eigenvalue weighted by Crippen LogP contribution is 2.36. The summed E-state index contributed by atoms with van der Waals surface area (Å²) >= 11 is 0. The average Bonchev–Trinajstić information content (AvgIpc) is 3.01. The monoisotopic (exact) mass is 379 g/mol. The largest absolute Gasteiger partial charge is 0.338 e. The molecule has 26 heavy (non-hydrogen) atoms. The summed E-state index contributed by atoms with van der Waals surface area (Å²) in [5.74, 6) is 0.385. The Balaban J connectivity index is 1.72. The first-order valence-corrected chi connectivity index (χ1v) is 9.61. The van der Waals surface area contributed by atoms with Crippen molar-refractivity contribution in [1.82, 2.24) is 14.4 Å². The molecule has 1 aromatic carbocycles.